The summed E-state index contributed by atoms with van der Waals surface area (Å²) in [6, 6.07) is 11.9. The van der Waals surface area contributed by atoms with E-state index in [-0.39, 0.29) is 11.8 Å². The molecule has 0 spiro atoms. The zero-order valence-corrected chi connectivity index (χ0v) is 14.0. The average molecular weight is 340 g/mol. The molecule has 2 aromatic carbocycles. The number of carbonyl (C=O) groups excluding carboxylic acids is 2. The third-order valence-electron chi connectivity index (χ3n) is 3.73. The van der Waals surface area contributed by atoms with Crippen molar-refractivity contribution in [1.29, 1.82) is 0 Å². The Balaban J connectivity index is 1.75. The van der Waals surface area contributed by atoms with Gasteiger partial charge in [0.25, 0.3) is 11.8 Å². The minimum absolute atomic E-state index is 0.172. The molecule has 2 amide bonds. The van der Waals surface area contributed by atoms with Crippen LogP contribution in [0, 0.1) is 0 Å². The fraction of sp³-hybridized carbons (Fsp3) is 0.263. The van der Waals surface area contributed by atoms with E-state index in [2.05, 4.69) is 10.6 Å². The molecule has 130 valence electrons. The van der Waals surface area contributed by atoms with Gasteiger partial charge in [0.1, 0.15) is 0 Å². The van der Waals surface area contributed by atoms with E-state index in [1.54, 1.807) is 42.5 Å². The Hall–Kier alpha value is -3.02. The second-order valence-corrected chi connectivity index (χ2v) is 5.61. The maximum Gasteiger partial charge on any atom is 0.255 e. The fourth-order valence-electron chi connectivity index (χ4n) is 2.51. The van der Waals surface area contributed by atoms with E-state index in [9.17, 15) is 9.59 Å². The summed E-state index contributed by atoms with van der Waals surface area (Å²) in [5, 5.41) is 5.53. The van der Waals surface area contributed by atoms with Gasteiger partial charge in [-0.25, -0.2) is 0 Å². The highest BCUT2D eigenvalue weighted by atomic mass is 16.5. The second-order valence-electron chi connectivity index (χ2n) is 5.61. The Labute approximate surface area is 146 Å². The number of hydrogen-bond donors (Lipinski definition) is 2. The molecule has 6 nitrogen and oxygen atoms in total. The van der Waals surface area contributed by atoms with Gasteiger partial charge >= 0.3 is 0 Å². The smallest absolute Gasteiger partial charge is 0.255 e. The Kier molecular flexibility index (Phi) is 5.18. The van der Waals surface area contributed by atoms with Gasteiger partial charge < -0.3 is 20.1 Å². The van der Waals surface area contributed by atoms with E-state index in [0.717, 1.165) is 6.42 Å². The van der Waals surface area contributed by atoms with Gasteiger partial charge in [0.15, 0.2) is 11.5 Å². The summed E-state index contributed by atoms with van der Waals surface area (Å²) in [6.07, 6.45) is 0.808. The molecular weight excluding hydrogens is 320 g/mol. The molecular formula is C19H20N2O4. The van der Waals surface area contributed by atoms with Crippen molar-refractivity contribution in [2.24, 2.45) is 0 Å². The van der Waals surface area contributed by atoms with Crippen molar-refractivity contribution in [3.63, 3.8) is 0 Å². The van der Waals surface area contributed by atoms with Crippen molar-refractivity contribution in [2.45, 2.75) is 13.3 Å². The van der Waals surface area contributed by atoms with Gasteiger partial charge in [0, 0.05) is 29.8 Å². The number of ether oxygens (including phenoxy) is 2. The van der Waals surface area contributed by atoms with E-state index in [1.807, 2.05) is 6.92 Å². The van der Waals surface area contributed by atoms with Crippen LogP contribution in [0.5, 0.6) is 11.5 Å². The van der Waals surface area contributed by atoms with Gasteiger partial charge in [-0.1, -0.05) is 6.07 Å². The number of benzene rings is 2. The number of fused-ring (bicyclic) bond motifs is 1. The van der Waals surface area contributed by atoms with Crippen molar-refractivity contribution in [1.82, 2.24) is 5.32 Å². The van der Waals surface area contributed by atoms with Crippen LogP contribution in [0.25, 0.3) is 0 Å². The molecule has 0 bridgehead atoms. The summed E-state index contributed by atoms with van der Waals surface area (Å²) in [7, 11) is 0. The third kappa shape index (κ3) is 4.09. The van der Waals surface area contributed by atoms with E-state index in [4.69, 9.17) is 9.47 Å². The molecule has 1 aliphatic heterocycles. The molecule has 0 atom stereocenters. The van der Waals surface area contributed by atoms with Crippen LogP contribution < -0.4 is 20.1 Å². The number of rotatable bonds is 4. The fourth-order valence-corrected chi connectivity index (χ4v) is 2.51. The van der Waals surface area contributed by atoms with Gasteiger partial charge in [-0.05, 0) is 43.3 Å². The Morgan fingerprint density at radius 1 is 0.960 bits per heavy atom. The van der Waals surface area contributed by atoms with Gasteiger partial charge in [0.05, 0.1) is 13.2 Å². The first-order valence-electron chi connectivity index (χ1n) is 8.26. The molecule has 0 unspecified atom stereocenters. The SMILES string of the molecule is CCNC(=O)c1cccc(NC(=O)c2ccc3c(c2)OCCCO3)c1. The highest BCUT2D eigenvalue weighted by Crippen LogP contribution is 2.30. The topological polar surface area (TPSA) is 76.7 Å². The summed E-state index contributed by atoms with van der Waals surface area (Å²) in [5.41, 5.74) is 1.52. The standard InChI is InChI=1S/C19H20N2O4/c1-2-20-18(22)13-5-3-6-15(11-13)21-19(23)14-7-8-16-17(12-14)25-10-4-9-24-16/h3,5-8,11-12H,2,4,9-10H2,1H3,(H,20,22)(H,21,23). The summed E-state index contributed by atoms with van der Waals surface area (Å²) in [4.78, 5) is 24.4. The van der Waals surface area contributed by atoms with Crippen molar-refractivity contribution in [3.05, 3.63) is 53.6 Å². The van der Waals surface area contributed by atoms with E-state index < -0.39 is 0 Å². The summed E-state index contributed by atoms with van der Waals surface area (Å²) < 4.78 is 11.2. The number of anilines is 1. The van der Waals surface area contributed by atoms with E-state index >= 15 is 0 Å². The molecule has 0 aromatic heterocycles. The van der Waals surface area contributed by atoms with Crippen molar-refractivity contribution < 1.29 is 19.1 Å². The maximum atomic E-state index is 12.5. The predicted molar refractivity (Wildman–Crippen MR) is 94.5 cm³/mol. The first-order valence-corrected chi connectivity index (χ1v) is 8.26. The molecule has 1 heterocycles. The van der Waals surface area contributed by atoms with Gasteiger partial charge in [-0.2, -0.15) is 0 Å². The zero-order valence-electron chi connectivity index (χ0n) is 14.0. The molecule has 0 aliphatic carbocycles. The lowest BCUT2D eigenvalue weighted by atomic mass is 10.1. The molecule has 0 radical (unpaired) electrons. The average Bonchev–Trinajstić information content (AvgIpc) is 2.86. The molecule has 0 saturated heterocycles. The third-order valence-corrected chi connectivity index (χ3v) is 3.73. The lowest BCUT2D eigenvalue weighted by Gasteiger charge is -2.10. The first kappa shape index (κ1) is 16.8. The highest BCUT2D eigenvalue weighted by Gasteiger charge is 2.14. The van der Waals surface area contributed by atoms with Crippen LogP contribution in [0.3, 0.4) is 0 Å². The molecule has 1 aliphatic rings. The monoisotopic (exact) mass is 340 g/mol. The Morgan fingerprint density at radius 2 is 1.72 bits per heavy atom. The van der Waals surface area contributed by atoms with Crippen LogP contribution in [0.4, 0.5) is 5.69 Å². The number of nitrogens with one attached hydrogen (secondary N) is 2. The van der Waals surface area contributed by atoms with Crippen molar-refractivity contribution >= 4 is 17.5 Å². The van der Waals surface area contributed by atoms with Crippen molar-refractivity contribution in [3.8, 4) is 11.5 Å². The lowest BCUT2D eigenvalue weighted by Crippen LogP contribution is -2.22. The van der Waals surface area contributed by atoms with E-state index in [0.29, 0.717) is 48.1 Å². The van der Waals surface area contributed by atoms with E-state index in [1.165, 1.54) is 0 Å². The van der Waals surface area contributed by atoms with Gasteiger partial charge in [-0.15, -0.1) is 0 Å². The molecule has 0 fully saturated rings. The summed E-state index contributed by atoms with van der Waals surface area (Å²) in [6.45, 7) is 3.57. The van der Waals surface area contributed by atoms with Gasteiger partial charge in [-0.3, -0.25) is 9.59 Å². The second kappa shape index (κ2) is 7.70. The summed E-state index contributed by atoms with van der Waals surface area (Å²) in [5.74, 6) is 0.770. The largest absolute Gasteiger partial charge is 0.490 e. The zero-order chi connectivity index (χ0) is 17.6. The Bertz CT molecular complexity index is 789. The molecule has 6 heteroatoms. The molecule has 2 aromatic rings. The molecule has 0 saturated carbocycles. The Morgan fingerprint density at radius 3 is 2.52 bits per heavy atom. The normalized spacial score (nSPS) is 12.8. The van der Waals surface area contributed by atoms with Crippen molar-refractivity contribution in [2.75, 3.05) is 25.1 Å². The van der Waals surface area contributed by atoms with Crippen LogP contribution in [-0.2, 0) is 0 Å². The summed E-state index contributed by atoms with van der Waals surface area (Å²) >= 11 is 0. The maximum absolute atomic E-state index is 12.5. The molecule has 25 heavy (non-hydrogen) atoms. The van der Waals surface area contributed by atoms with Crippen LogP contribution in [0.15, 0.2) is 42.5 Å². The number of hydrogen-bond acceptors (Lipinski definition) is 4. The quantitative estimate of drug-likeness (QED) is 0.897. The first-order chi connectivity index (χ1) is 12.2. The number of amides is 2. The minimum Gasteiger partial charge on any atom is -0.490 e. The van der Waals surface area contributed by atoms with Gasteiger partial charge in [0.2, 0.25) is 0 Å². The van der Waals surface area contributed by atoms with Crippen LogP contribution in [0.1, 0.15) is 34.1 Å². The highest BCUT2D eigenvalue weighted by molar-refractivity contribution is 6.05. The van der Waals surface area contributed by atoms with Crippen LogP contribution in [0.2, 0.25) is 0 Å². The van der Waals surface area contributed by atoms with Crippen LogP contribution >= 0.6 is 0 Å². The lowest BCUT2D eigenvalue weighted by molar-refractivity contribution is 0.0954. The predicted octanol–water partition coefficient (Wildman–Crippen LogP) is 2.85. The molecule has 3 rings (SSSR count). The van der Waals surface area contributed by atoms with Crippen LogP contribution in [-0.4, -0.2) is 31.6 Å². The minimum atomic E-state index is -0.274. The molecule has 2 N–H and O–H groups in total. The number of carbonyl (C=O) groups is 2.